The molecular formula is C12H20NO2+. The lowest BCUT2D eigenvalue weighted by molar-refractivity contribution is -0.727. The summed E-state index contributed by atoms with van der Waals surface area (Å²) in [4.78, 5) is 0. The third-order valence-corrected chi connectivity index (χ3v) is 2.49. The smallest absolute Gasteiger partial charge is 0.128 e. The molecule has 0 saturated carbocycles. The molecule has 84 valence electrons. The van der Waals surface area contributed by atoms with Crippen LogP contribution >= 0.6 is 0 Å². The molecule has 0 fully saturated rings. The van der Waals surface area contributed by atoms with Gasteiger partial charge in [0.25, 0.3) is 0 Å². The minimum Gasteiger partial charge on any atom is -0.390 e. The molecule has 1 aromatic rings. The van der Waals surface area contributed by atoms with Crippen LogP contribution < -0.4 is 5.32 Å². The number of aliphatic hydroxyl groups excluding tert-OH is 2. The first kappa shape index (κ1) is 12.2. The van der Waals surface area contributed by atoms with Crippen molar-refractivity contribution in [1.82, 2.24) is 0 Å². The van der Waals surface area contributed by atoms with E-state index in [1.54, 1.807) is 0 Å². The number of quaternary nitrogens is 1. The molecule has 0 aliphatic rings. The zero-order valence-electron chi connectivity index (χ0n) is 9.35. The molecule has 0 radical (unpaired) electrons. The monoisotopic (exact) mass is 210 g/mol. The van der Waals surface area contributed by atoms with Gasteiger partial charge in [-0.2, -0.15) is 0 Å². The molecule has 0 heterocycles. The summed E-state index contributed by atoms with van der Waals surface area (Å²) in [7, 11) is 0. The summed E-state index contributed by atoms with van der Waals surface area (Å²) in [6.07, 6.45) is -0.475. The van der Waals surface area contributed by atoms with E-state index in [0.29, 0.717) is 6.54 Å². The lowest BCUT2D eigenvalue weighted by Crippen LogP contribution is -2.97. The fourth-order valence-corrected chi connectivity index (χ4v) is 1.31. The van der Waals surface area contributed by atoms with Gasteiger partial charge in [0.1, 0.15) is 18.2 Å². The van der Waals surface area contributed by atoms with E-state index in [1.165, 1.54) is 0 Å². The van der Waals surface area contributed by atoms with E-state index in [2.05, 4.69) is 0 Å². The van der Waals surface area contributed by atoms with Crippen LogP contribution in [0.2, 0.25) is 0 Å². The van der Waals surface area contributed by atoms with Gasteiger partial charge in [-0.05, 0) is 19.4 Å². The molecule has 15 heavy (non-hydrogen) atoms. The largest absolute Gasteiger partial charge is 0.390 e. The Morgan fingerprint density at radius 2 is 1.87 bits per heavy atom. The summed E-state index contributed by atoms with van der Waals surface area (Å²) in [6, 6.07) is 9.57. The van der Waals surface area contributed by atoms with E-state index in [-0.39, 0.29) is 12.1 Å². The van der Waals surface area contributed by atoms with Gasteiger partial charge in [0.15, 0.2) is 0 Å². The molecule has 0 aliphatic carbocycles. The highest BCUT2D eigenvalue weighted by atomic mass is 16.3. The second kappa shape index (κ2) is 5.26. The third-order valence-electron chi connectivity index (χ3n) is 2.49. The maximum Gasteiger partial charge on any atom is 0.128 e. The highest BCUT2D eigenvalue weighted by Gasteiger charge is 2.21. The van der Waals surface area contributed by atoms with E-state index >= 15 is 0 Å². The van der Waals surface area contributed by atoms with Crippen molar-refractivity contribution in [3.8, 4) is 0 Å². The average molecular weight is 210 g/mol. The van der Waals surface area contributed by atoms with Gasteiger partial charge >= 0.3 is 0 Å². The minimum absolute atomic E-state index is 0.106. The predicted octanol–water partition coefficient (Wildman–Crippen LogP) is 0.0543. The predicted molar refractivity (Wildman–Crippen MR) is 59.4 cm³/mol. The van der Waals surface area contributed by atoms with Gasteiger partial charge in [0.2, 0.25) is 0 Å². The molecule has 3 heteroatoms. The Balaban J connectivity index is 2.47. The molecule has 0 spiro atoms. The Morgan fingerprint density at radius 3 is 2.40 bits per heavy atom. The van der Waals surface area contributed by atoms with E-state index < -0.39 is 6.10 Å². The molecule has 1 rings (SSSR count). The Kier molecular flexibility index (Phi) is 4.27. The zero-order chi connectivity index (χ0) is 11.3. The summed E-state index contributed by atoms with van der Waals surface area (Å²) in [5, 5.41) is 20.9. The number of hydrogen-bond acceptors (Lipinski definition) is 2. The van der Waals surface area contributed by atoms with Crippen LogP contribution in [0.5, 0.6) is 0 Å². The molecule has 0 aromatic heterocycles. The first-order chi connectivity index (χ1) is 7.05. The molecular weight excluding hydrogens is 190 g/mol. The van der Waals surface area contributed by atoms with Crippen molar-refractivity contribution in [3.05, 3.63) is 35.9 Å². The van der Waals surface area contributed by atoms with Crippen molar-refractivity contribution >= 4 is 0 Å². The number of nitrogens with two attached hydrogens (primary N) is 1. The van der Waals surface area contributed by atoms with Crippen LogP contribution in [0.15, 0.2) is 30.3 Å². The average Bonchev–Trinajstić information content (AvgIpc) is 2.27. The van der Waals surface area contributed by atoms with Crippen LogP contribution in [0, 0.1) is 0 Å². The summed E-state index contributed by atoms with van der Waals surface area (Å²) < 4.78 is 0. The van der Waals surface area contributed by atoms with E-state index in [9.17, 15) is 5.11 Å². The second-order valence-electron chi connectivity index (χ2n) is 4.51. The first-order valence-corrected chi connectivity index (χ1v) is 5.23. The molecule has 1 aromatic carbocycles. The number of aliphatic hydroxyl groups is 2. The van der Waals surface area contributed by atoms with Crippen molar-refractivity contribution in [2.24, 2.45) is 0 Å². The summed E-state index contributed by atoms with van der Waals surface area (Å²) in [6.45, 7) is 4.57. The van der Waals surface area contributed by atoms with Gasteiger partial charge < -0.3 is 15.5 Å². The molecule has 0 amide bonds. The Labute approximate surface area is 90.8 Å². The maximum absolute atomic E-state index is 9.87. The van der Waals surface area contributed by atoms with Crippen LogP contribution in [0.3, 0.4) is 0 Å². The van der Waals surface area contributed by atoms with Crippen molar-refractivity contribution in [2.75, 3.05) is 13.2 Å². The van der Waals surface area contributed by atoms with Gasteiger partial charge in [0, 0.05) is 0 Å². The van der Waals surface area contributed by atoms with E-state index in [0.717, 1.165) is 5.56 Å². The standard InChI is InChI=1S/C12H19NO2/c1-12(2,9-14)13-8-11(15)10-6-4-3-5-7-10/h3-7,11,13-15H,8-9H2,1-2H3/p+1/t11-/m1/s1. The Morgan fingerprint density at radius 1 is 1.27 bits per heavy atom. The molecule has 0 bridgehead atoms. The van der Waals surface area contributed by atoms with Gasteiger partial charge in [-0.3, -0.25) is 0 Å². The van der Waals surface area contributed by atoms with Gasteiger partial charge in [-0.1, -0.05) is 30.3 Å². The van der Waals surface area contributed by atoms with Crippen molar-refractivity contribution in [2.45, 2.75) is 25.5 Å². The Hall–Kier alpha value is -0.900. The summed E-state index contributed by atoms with van der Waals surface area (Å²) in [5.74, 6) is 0. The molecule has 3 nitrogen and oxygen atoms in total. The molecule has 0 unspecified atom stereocenters. The Bertz CT molecular complexity index is 285. The van der Waals surface area contributed by atoms with Crippen molar-refractivity contribution < 1.29 is 15.5 Å². The summed E-state index contributed by atoms with van der Waals surface area (Å²) >= 11 is 0. The number of benzene rings is 1. The molecule has 4 N–H and O–H groups in total. The lowest BCUT2D eigenvalue weighted by atomic mass is 10.1. The fourth-order valence-electron chi connectivity index (χ4n) is 1.31. The molecule has 1 atom stereocenters. The van der Waals surface area contributed by atoms with Gasteiger partial charge in [-0.15, -0.1) is 0 Å². The second-order valence-corrected chi connectivity index (χ2v) is 4.51. The highest BCUT2D eigenvalue weighted by molar-refractivity contribution is 5.16. The first-order valence-electron chi connectivity index (χ1n) is 5.23. The third kappa shape index (κ3) is 4.00. The van der Waals surface area contributed by atoms with Crippen LogP contribution in [-0.2, 0) is 0 Å². The highest BCUT2D eigenvalue weighted by Crippen LogP contribution is 2.09. The number of hydrogen-bond donors (Lipinski definition) is 3. The van der Waals surface area contributed by atoms with Crippen LogP contribution in [-0.4, -0.2) is 28.9 Å². The molecule has 0 aliphatic heterocycles. The van der Waals surface area contributed by atoms with Crippen LogP contribution in [0.25, 0.3) is 0 Å². The normalized spacial score (nSPS) is 13.9. The zero-order valence-corrected chi connectivity index (χ0v) is 9.35. The van der Waals surface area contributed by atoms with E-state index in [1.807, 2.05) is 49.5 Å². The van der Waals surface area contributed by atoms with Crippen molar-refractivity contribution in [1.29, 1.82) is 0 Å². The SMILES string of the molecule is CC(C)(CO)[NH2+]C[C@@H](O)c1ccccc1. The quantitative estimate of drug-likeness (QED) is 0.643. The maximum atomic E-state index is 9.87. The lowest BCUT2D eigenvalue weighted by Gasteiger charge is -2.21. The minimum atomic E-state index is -0.475. The van der Waals surface area contributed by atoms with Gasteiger partial charge in [-0.25, -0.2) is 0 Å². The summed E-state index contributed by atoms with van der Waals surface area (Å²) in [5.41, 5.74) is 0.693. The topological polar surface area (TPSA) is 57.1 Å². The number of rotatable bonds is 5. The van der Waals surface area contributed by atoms with Crippen LogP contribution in [0.4, 0.5) is 0 Å². The van der Waals surface area contributed by atoms with Crippen LogP contribution in [0.1, 0.15) is 25.5 Å². The fraction of sp³-hybridized carbons (Fsp3) is 0.500. The van der Waals surface area contributed by atoms with Crippen molar-refractivity contribution in [3.63, 3.8) is 0 Å². The van der Waals surface area contributed by atoms with Gasteiger partial charge in [0.05, 0.1) is 6.61 Å². The van der Waals surface area contributed by atoms with E-state index in [4.69, 9.17) is 5.11 Å². The molecule has 0 saturated heterocycles.